The van der Waals surface area contributed by atoms with Crippen LogP contribution in [0.25, 0.3) is 0 Å². The summed E-state index contributed by atoms with van der Waals surface area (Å²) < 4.78 is 0. The van der Waals surface area contributed by atoms with Crippen molar-refractivity contribution in [3.05, 3.63) is 0 Å². The van der Waals surface area contributed by atoms with Crippen molar-refractivity contribution in [3.63, 3.8) is 0 Å². The molecule has 0 N–H and O–H groups in total. The van der Waals surface area contributed by atoms with Gasteiger partial charge in [-0.15, -0.1) is 0 Å². The Balaban J connectivity index is 2.30. The van der Waals surface area contributed by atoms with Crippen molar-refractivity contribution in [1.82, 2.24) is 0 Å². The van der Waals surface area contributed by atoms with Gasteiger partial charge < -0.3 is 0 Å². The maximum atomic E-state index is 1.71. The summed E-state index contributed by atoms with van der Waals surface area (Å²) in [6, 6.07) is 0. The molecular weight excluding hydrogens is 154 g/mol. The Morgan fingerprint density at radius 1 is 0.800 bits per heavy atom. The molecule has 1 heteroatoms. The summed E-state index contributed by atoms with van der Waals surface area (Å²) in [6.45, 7) is 0. The summed E-state index contributed by atoms with van der Waals surface area (Å²) in [5, 5.41) is 0. The first kappa shape index (κ1) is 2.77. The van der Waals surface area contributed by atoms with Gasteiger partial charge in [0.2, 0.25) is 0 Å². The average molecular weight is 163 g/mol. The molecule has 2 aliphatic rings. The van der Waals surface area contributed by atoms with Gasteiger partial charge in [-0.2, -0.15) is 0 Å². The van der Waals surface area contributed by atoms with Crippen LogP contribution in [-0.4, -0.2) is 0 Å². The second kappa shape index (κ2) is 0.550. The molecule has 0 aromatic carbocycles. The van der Waals surface area contributed by atoms with Crippen molar-refractivity contribution in [2.45, 2.75) is 19.6 Å². The Bertz CT molecular complexity index is 46.5. The zero-order chi connectivity index (χ0) is 3.33. The molecule has 2 aliphatic heterocycles. The van der Waals surface area contributed by atoms with Crippen LogP contribution in [0.1, 0.15) is 0 Å². The van der Waals surface area contributed by atoms with Crippen LogP contribution < -0.4 is 0 Å². The van der Waals surface area contributed by atoms with E-state index in [4.69, 9.17) is 0 Å². The zero-order valence-electron chi connectivity index (χ0n) is 3.14. The quantitative estimate of drug-likeness (QED) is 0.477. The molecule has 0 aromatic rings. The van der Waals surface area contributed by atoms with Crippen LogP contribution in [0.15, 0.2) is 0 Å². The van der Waals surface area contributed by atoms with Crippen molar-refractivity contribution >= 4 is 0 Å². The van der Waals surface area contributed by atoms with Gasteiger partial charge in [0.1, 0.15) is 0 Å². The summed E-state index contributed by atoms with van der Waals surface area (Å²) in [5.74, 6) is 0. The van der Waals surface area contributed by atoms with E-state index >= 15 is 0 Å². The SMILES string of the molecule is [CH2]1[CH2][Pd]12[CH2][CH2]2. The van der Waals surface area contributed by atoms with Crippen molar-refractivity contribution in [2.24, 2.45) is 0 Å². The van der Waals surface area contributed by atoms with Gasteiger partial charge in [0.25, 0.3) is 0 Å². The number of rotatable bonds is 0. The molecule has 0 saturated carbocycles. The molecule has 2 rings (SSSR count). The van der Waals surface area contributed by atoms with Crippen LogP contribution in [-0.2, 0) is 15.5 Å². The van der Waals surface area contributed by atoms with E-state index in [2.05, 4.69) is 0 Å². The molecular formula is C4H8Pd. The van der Waals surface area contributed by atoms with E-state index in [0.717, 1.165) is 0 Å². The predicted octanol–water partition coefficient (Wildman–Crippen LogP) is 1.84. The first-order chi connectivity index (χ1) is 2.41. The van der Waals surface area contributed by atoms with E-state index in [1.165, 1.54) is 0 Å². The minimum atomic E-state index is -0.200. The Morgan fingerprint density at radius 2 is 1.20 bits per heavy atom. The topological polar surface area (TPSA) is 0 Å². The fourth-order valence-electron chi connectivity index (χ4n) is 0.458. The average Bonchev–Trinajstić information content (AvgIpc) is 2.17. The normalized spacial score (nSPS) is 44.8. The van der Waals surface area contributed by atoms with Gasteiger partial charge >= 0.3 is 35.1 Å². The number of hydrogen-bond donors (Lipinski definition) is 0. The van der Waals surface area contributed by atoms with Gasteiger partial charge in [-0.25, -0.2) is 0 Å². The van der Waals surface area contributed by atoms with Gasteiger partial charge in [-0.1, -0.05) is 0 Å². The molecule has 0 nitrogen and oxygen atoms in total. The van der Waals surface area contributed by atoms with Crippen LogP contribution in [0.2, 0.25) is 19.6 Å². The van der Waals surface area contributed by atoms with E-state index in [0.29, 0.717) is 0 Å². The molecule has 0 aliphatic carbocycles. The second-order valence-corrected chi connectivity index (χ2v) is 9.35. The Morgan fingerprint density at radius 3 is 1.20 bits per heavy atom. The molecule has 5 heavy (non-hydrogen) atoms. The van der Waals surface area contributed by atoms with E-state index in [1.54, 1.807) is 19.6 Å². The first-order valence-electron chi connectivity index (χ1n) is 1.89. The molecule has 0 bridgehead atoms. The van der Waals surface area contributed by atoms with Crippen molar-refractivity contribution in [2.75, 3.05) is 0 Å². The van der Waals surface area contributed by atoms with Gasteiger partial charge in [0, 0.05) is 0 Å². The van der Waals surface area contributed by atoms with Crippen LogP contribution in [0, 0.1) is 0 Å². The standard InChI is InChI=1S/2C2H4.Pd/c2*1-2;/h2*1-2H2;. The van der Waals surface area contributed by atoms with Crippen LogP contribution in [0.5, 0.6) is 0 Å². The van der Waals surface area contributed by atoms with E-state index in [1.807, 2.05) is 0 Å². The Labute approximate surface area is 35.6 Å². The van der Waals surface area contributed by atoms with E-state index < -0.39 is 0 Å². The summed E-state index contributed by atoms with van der Waals surface area (Å²) >= 11 is -0.200. The Hall–Kier alpha value is 0.662. The summed E-state index contributed by atoms with van der Waals surface area (Å²) in [7, 11) is 0. The van der Waals surface area contributed by atoms with Crippen molar-refractivity contribution in [1.29, 1.82) is 0 Å². The van der Waals surface area contributed by atoms with Gasteiger partial charge in [0.15, 0.2) is 0 Å². The molecule has 2 saturated heterocycles. The summed E-state index contributed by atoms with van der Waals surface area (Å²) in [4.78, 5) is 6.85. The van der Waals surface area contributed by atoms with Crippen LogP contribution in [0.4, 0.5) is 0 Å². The molecule has 0 aromatic heterocycles. The van der Waals surface area contributed by atoms with Gasteiger partial charge in [-0.3, -0.25) is 0 Å². The summed E-state index contributed by atoms with van der Waals surface area (Å²) in [5.41, 5.74) is 0. The molecule has 0 unspecified atom stereocenters. The third-order valence-electron chi connectivity index (χ3n) is 1.21. The van der Waals surface area contributed by atoms with Gasteiger partial charge in [0.05, 0.1) is 0 Å². The molecule has 0 radical (unpaired) electrons. The number of hydrogen-bond acceptors (Lipinski definition) is 0. The molecule has 34 valence electrons. The van der Waals surface area contributed by atoms with E-state index in [9.17, 15) is 0 Å². The predicted molar refractivity (Wildman–Crippen MR) is 19.2 cm³/mol. The minimum absolute atomic E-state index is 0.200. The maximum absolute atomic E-state index is 1.71. The fourth-order valence-corrected chi connectivity index (χ4v) is 6.82. The molecule has 2 heterocycles. The second-order valence-electron chi connectivity index (χ2n) is 1.58. The third-order valence-corrected chi connectivity index (χ3v) is 7.16. The van der Waals surface area contributed by atoms with Crippen LogP contribution in [0.3, 0.4) is 0 Å². The fraction of sp³-hybridized carbons (Fsp3) is 1.00. The summed E-state index contributed by atoms with van der Waals surface area (Å²) in [6.07, 6.45) is 0. The van der Waals surface area contributed by atoms with Crippen molar-refractivity contribution < 1.29 is 15.5 Å². The van der Waals surface area contributed by atoms with E-state index in [-0.39, 0.29) is 15.5 Å². The molecule has 1 spiro atoms. The molecule has 0 amide bonds. The van der Waals surface area contributed by atoms with Crippen LogP contribution >= 0.6 is 0 Å². The molecule has 0 atom stereocenters. The van der Waals surface area contributed by atoms with Crippen molar-refractivity contribution in [3.8, 4) is 0 Å². The Kier molecular flexibility index (Phi) is 0.305. The van der Waals surface area contributed by atoms with Gasteiger partial charge in [-0.05, 0) is 0 Å². The molecule has 2 fully saturated rings. The third kappa shape index (κ3) is 0.291. The zero-order valence-corrected chi connectivity index (χ0v) is 4.70. The monoisotopic (exact) mass is 162 g/mol. The first-order valence-corrected chi connectivity index (χ1v) is 6.29.